The van der Waals surface area contributed by atoms with Gasteiger partial charge in [0.15, 0.2) is 0 Å². The van der Waals surface area contributed by atoms with Crippen molar-refractivity contribution in [2.24, 2.45) is 0 Å². The van der Waals surface area contributed by atoms with E-state index in [1.807, 2.05) is 25.1 Å². The Balaban J connectivity index is 2.15. The molecule has 0 aromatic heterocycles. The summed E-state index contributed by atoms with van der Waals surface area (Å²) in [6, 6.07) is 14.8. The lowest BCUT2D eigenvalue weighted by molar-refractivity contribution is 0.140. The lowest BCUT2D eigenvalue weighted by Crippen LogP contribution is -2.21. The van der Waals surface area contributed by atoms with Crippen molar-refractivity contribution in [2.75, 3.05) is 0 Å². The van der Waals surface area contributed by atoms with Gasteiger partial charge >= 0.3 is 0 Å². The Kier molecular flexibility index (Phi) is 4.91. The highest BCUT2D eigenvalue weighted by Gasteiger charge is 2.20. The van der Waals surface area contributed by atoms with E-state index in [0.717, 1.165) is 23.1 Å². The summed E-state index contributed by atoms with van der Waals surface area (Å²) in [6.45, 7) is 3.97. The van der Waals surface area contributed by atoms with Crippen molar-refractivity contribution < 1.29 is 9.50 Å². The Bertz CT molecular complexity index is 551. The predicted molar refractivity (Wildman–Crippen MR) is 80.3 cm³/mol. The Morgan fingerprint density at radius 1 is 1.10 bits per heavy atom. The van der Waals surface area contributed by atoms with E-state index < -0.39 is 6.10 Å². The van der Waals surface area contributed by atoms with Gasteiger partial charge in [0.25, 0.3) is 0 Å². The predicted octanol–water partition coefficient (Wildman–Crippen LogP) is 4.23. The van der Waals surface area contributed by atoms with Crippen molar-refractivity contribution in [2.45, 2.75) is 38.7 Å². The number of halogens is 1. The molecule has 0 saturated carbocycles. The molecule has 0 fully saturated rings. The fourth-order valence-corrected chi connectivity index (χ4v) is 2.69. The maximum absolute atomic E-state index is 13.1. The van der Waals surface area contributed by atoms with Crippen LogP contribution >= 0.6 is 0 Å². The molecule has 1 N–H and O–H groups in total. The molecule has 2 atom stereocenters. The lowest BCUT2D eigenvalue weighted by atomic mass is 9.87. The number of rotatable bonds is 5. The molecular weight excluding hydrogens is 251 g/mol. The van der Waals surface area contributed by atoms with E-state index in [2.05, 4.69) is 19.1 Å². The van der Waals surface area contributed by atoms with E-state index in [-0.39, 0.29) is 11.7 Å². The van der Waals surface area contributed by atoms with Gasteiger partial charge in [-0.3, -0.25) is 0 Å². The molecule has 20 heavy (non-hydrogen) atoms. The van der Waals surface area contributed by atoms with Gasteiger partial charge in [-0.1, -0.05) is 43.3 Å². The van der Waals surface area contributed by atoms with Crippen molar-refractivity contribution in [1.82, 2.24) is 0 Å². The van der Waals surface area contributed by atoms with E-state index in [4.69, 9.17) is 0 Å². The molecule has 1 nitrogen and oxygen atoms in total. The molecule has 0 saturated heterocycles. The summed E-state index contributed by atoms with van der Waals surface area (Å²) < 4.78 is 13.1. The fourth-order valence-electron chi connectivity index (χ4n) is 2.69. The Labute approximate surface area is 120 Å². The second kappa shape index (κ2) is 6.67. The van der Waals surface area contributed by atoms with Gasteiger partial charge in [0.1, 0.15) is 5.82 Å². The average molecular weight is 272 g/mol. The minimum absolute atomic E-state index is 0.112. The van der Waals surface area contributed by atoms with Crippen LogP contribution in [0, 0.1) is 12.7 Å². The number of aliphatic hydroxyl groups excluding tert-OH is 1. The zero-order valence-corrected chi connectivity index (χ0v) is 12.0. The first-order chi connectivity index (χ1) is 9.61. The number of hydrogen-bond donors (Lipinski definition) is 1. The minimum Gasteiger partial charge on any atom is -0.392 e. The maximum Gasteiger partial charge on any atom is 0.123 e. The number of aryl methyl sites for hydroxylation is 1. The van der Waals surface area contributed by atoms with Crippen LogP contribution < -0.4 is 0 Å². The SMILES string of the molecule is CCC(c1ccccc1)C(O)Cc1ccc(F)cc1C. The second-order valence-electron chi connectivity index (χ2n) is 5.27. The highest BCUT2D eigenvalue weighted by molar-refractivity contribution is 5.28. The standard InChI is InChI=1S/C18H21FO/c1-3-17(14-7-5-4-6-8-14)18(20)12-15-9-10-16(19)11-13(15)2/h4-11,17-18,20H,3,12H2,1-2H3. The molecule has 2 rings (SSSR count). The summed E-state index contributed by atoms with van der Waals surface area (Å²) in [5, 5.41) is 10.5. The summed E-state index contributed by atoms with van der Waals surface area (Å²) in [4.78, 5) is 0. The number of hydrogen-bond acceptors (Lipinski definition) is 1. The quantitative estimate of drug-likeness (QED) is 0.863. The molecule has 2 unspecified atom stereocenters. The van der Waals surface area contributed by atoms with E-state index in [9.17, 15) is 9.50 Å². The van der Waals surface area contributed by atoms with Gasteiger partial charge in [-0.15, -0.1) is 0 Å². The topological polar surface area (TPSA) is 20.2 Å². The summed E-state index contributed by atoms with van der Waals surface area (Å²) in [5.41, 5.74) is 3.06. The molecule has 2 aromatic carbocycles. The third-order valence-electron chi connectivity index (χ3n) is 3.87. The van der Waals surface area contributed by atoms with Gasteiger partial charge in [-0.05, 0) is 48.6 Å². The normalized spacial score (nSPS) is 14.0. The molecule has 0 amide bonds. The van der Waals surface area contributed by atoms with Crippen molar-refractivity contribution in [3.8, 4) is 0 Å². The lowest BCUT2D eigenvalue weighted by Gasteiger charge is -2.23. The Morgan fingerprint density at radius 2 is 1.80 bits per heavy atom. The fraction of sp³-hybridized carbons (Fsp3) is 0.333. The highest BCUT2D eigenvalue weighted by atomic mass is 19.1. The molecule has 2 aromatic rings. The van der Waals surface area contributed by atoms with Gasteiger partial charge in [0.2, 0.25) is 0 Å². The highest BCUT2D eigenvalue weighted by Crippen LogP contribution is 2.26. The van der Waals surface area contributed by atoms with E-state index >= 15 is 0 Å². The van der Waals surface area contributed by atoms with Crippen molar-refractivity contribution in [3.63, 3.8) is 0 Å². The smallest absolute Gasteiger partial charge is 0.123 e. The van der Waals surface area contributed by atoms with Crippen LogP contribution in [0.25, 0.3) is 0 Å². The third kappa shape index (κ3) is 3.45. The Hall–Kier alpha value is -1.67. The molecule has 0 heterocycles. The molecule has 0 spiro atoms. The molecule has 0 aliphatic rings. The van der Waals surface area contributed by atoms with Crippen molar-refractivity contribution in [3.05, 3.63) is 71.0 Å². The molecule has 2 heteroatoms. The van der Waals surface area contributed by atoms with E-state index in [1.54, 1.807) is 6.07 Å². The minimum atomic E-state index is -0.452. The molecule has 0 aliphatic carbocycles. The molecule has 106 valence electrons. The number of aliphatic hydroxyl groups is 1. The third-order valence-corrected chi connectivity index (χ3v) is 3.87. The van der Waals surface area contributed by atoms with Gasteiger partial charge < -0.3 is 5.11 Å². The first kappa shape index (κ1) is 14.7. The summed E-state index contributed by atoms with van der Waals surface area (Å²) in [5.74, 6) is -0.114. The van der Waals surface area contributed by atoms with Crippen LogP contribution in [-0.2, 0) is 6.42 Å². The molecule has 0 bridgehead atoms. The summed E-state index contributed by atoms with van der Waals surface area (Å²) >= 11 is 0. The Morgan fingerprint density at radius 3 is 2.40 bits per heavy atom. The molecular formula is C18H21FO. The van der Waals surface area contributed by atoms with Crippen LogP contribution in [0.3, 0.4) is 0 Å². The summed E-state index contributed by atoms with van der Waals surface area (Å²) in [6.07, 6.45) is 0.983. The maximum atomic E-state index is 13.1. The van der Waals surface area contributed by atoms with Gasteiger partial charge in [0.05, 0.1) is 6.10 Å². The monoisotopic (exact) mass is 272 g/mol. The number of benzene rings is 2. The first-order valence-electron chi connectivity index (χ1n) is 7.10. The van der Waals surface area contributed by atoms with Crippen LogP contribution in [0.5, 0.6) is 0 Å². The van der Waals surface area contributed by atoms with Crippen molar-refractivity contribution >= 4 is 0 Å². The van der Waals surface area contributed by atoms with Crippen LogP contribution in [0.1, 0.15) is 36.0 Å². The molecule has 0 aliphatic heterocycles. The molecule has 0 radical (unpaired) electrons. The van der Waals surface area contributed by atoms with E-state index in [0.29, 0.717) is 6.42 Å². The average Bonchev–Trinajstić information content (AvgIpc) is 2.44. The van der Waals surface area contributed by atoms with Crippen molar-refractivity contribution in [1.29, 1.82) is 0 Å². The van der Waals surface area contributed by atoms with Gasteiger partial charge in [-0.25, -0.2) is 4.39 Å². The first-order valence-corrected chi connectivity index (χ1v) is 7.10. The van der Waals surface area contributed by atoms with Crippen LogP contribution in [0.15, 0.2) is 48.5 Å². The van der Waals surface area contributed by atoms with Gasteiger partial charge in [-0.2, -0.15) is 0 Å². The zero-order valence-electron chi connectivity index (χ0n) is 12.0. The zero-order chi connectivity index (χ0) is 14.5. The van der Waals surface area contributed by atoms with E-state index in [1.165, 1.54) is 12.1 Å². The van der Waals surface area contributed by atoms with Gasteiger partial charge in [0, 0.05) is 5.92 Å². The van der Waals surface area contributed by atoms with Crippen LogP contribution in [0.4, 0.5) is 4.39 Å². The largest absolute Gasteiger partial charge is 0.392 e. The second-order valence-corrected chi connectivity index (χ2v) is 5.27. The van der Waals surface area contributed by atoms with Crippen LogP contribution in [0.2, 0.25) is 0 Å². The van der Waals surface area contributed by atoms with Crippen LogP contribution in [-0.4, -0.2) is 11.2 Å². The summed E-state index contributed by atoms with van der Waals surface area (Å²) in [7, 11) is 0.